The Labute approximate surface area is 236 Å². The SMILES string of the molecule is C=CCc1cc(CCCCCCCCCCCCCCCCCCCC)ccc1C1C=Cc2ccccc21. The Morgan fingerprint density at radius 2 is 1.18 bits per heavy atom. The molecule has 1 aliphatic carbocycles. The zero-order valence-corrected chi connectivity index (χ0v) is 24.7. The number of rotatable bonds is 22. The fraction of sp³-hybridized carbons (Fsp3) is 0.579. The van der Waals surface area contributed by atoms with Gasteiger partial charge in [0, 0.05) is 5.92 Å². The van der Waals surface area contributed by atoms with E-state index in [-0.39, 0.29) is 0 Å². The molecule has 0 heteroatoms. The molecule has 0 spiro atoms. The van der Waals surface area contributed by atoms with E-state index in [1.54, 1.807) is 0 Å². The summed E-state index contributed by atoms with van der Waals surface area (Å²) in [5.41, 5.74) is 7.20. The maximum atomic E-state index is 4.03. The van der Waals surface area contributed by atoms with E-state index in [0.29, 0.717) is 5.92 Å². The number of unbranched alkanes of at least 4 members (excludes halogenated alkanes) is 17. The highest BCUT2D eigenvalue weighted by Crippen LogP contribution is 2.37. The van der Waals surface area contributed by atoms with Crippen molar-refractivity contribution in [3.8, 4) is 0 Å². The Morgan fingerprint density at radius 1 is 0.632 bits per heavy atom. The first kappa shape index (κ1) is 30.5. The third-order valence-corrected chi connectivity index (χ3v) is 8.53. The first-order valence-electron chi connectivity index (χ1n) is 16.3. The predicted molar refractivity (Wildman–Crippen MR) is 170 cm³/mol. The summed E-state index contributed by atoms with van der Waals surface area (Å²) in [4.78, 5) is 0. The topological polar surface area (TPSA) is 0 Å². The van der Waals surface area contributed by atoms with E-state index in [9.17, 15) is 0 Å². The monoisotopic (exact) mass is 512 g/mol. The molecule has 2 aromatic rings. The Morgan fingerprint density at radius 3 is 1.76 bits per heavy atom. The summed E-state index contributed by atoms with van der Waals surface area (Å²) in [5, 5.41) is 0. The van der Waals surface area contributed by atoms with Crippen molar-refractivity contribution < 1.29 is 0 Å². The Kier molecular flexibility index (Phi) is 15.3. The van der Waals surface area contributed by atoms with Gasteiger partial charge in [-0.15, -0.1) is 6.58 Å². The fourth-order valence-electron chi connectivity index (χ4n) is 6.20. The van der Waals surface area contributed by atoms with E-state index in [4.69, 9.17) is 0 Å². The maximum Gasteiger partial charge on any atom is 0.0281 e. The summed E-state index contributed by atoms with van der Waals surface area (Å²) < 4.78 is 0. The molecule has 0 radical (unpaired) electrons. The highest BCUT2D eigenvalue weighted by Gasteiger charge is 2.20. The van der Waals surface area contributed by atoms with Crippen LogP contribution in [0.15, 0.2) is 61.2 Å². The molecule has 0 N–H and O–H groups in total. The number of hydrogen-bond acceptors (Lipinski definition) is 0. The van der Waals surface area contributed by atoms with Crippen LogP contribution in [0, 0.1) is 0 Å². The van der Waals surface area contributed by atoms with E-state index in [1.165, 1.54) is 150 Å². The summed E-state index contributed by atoms with van der Waals surface area (Å²) >= 11 is 0. The molecule has 38 heavy (non-hydrogen) atoms. The van der Waals surface area contributed by atoms with E-state index in [1.807, 2.05) is 0 Å². The molecule has 0 saturated heterocycles. The van der Waals surface area contributed by atoms with Gasteiger partial charge in [-0.1, -0.05) is 177 Å². The van der Waals surface area contributed by atoms with Crippen molar-refractivity contribution in [2.24, 2.45) is 0 Å². The molecule has 0 aromatic heterocycles. The molecule has 0 saturated carbocycles. The van der Waals surface area contributed by atoms with Crippen LogP contribution in [0.4, 0.5) is 0 Å². The second-order valence-corrected chi connectivity index (χ2v) is 11.8. The van der Waals surface area contributed by atoms with Crippen LogP contribution in [-0.2, 0) is 12.8 Å². The number of fused-ring (bicyclic) bond motifs is 1. The van der Waals surface area contributed by atoms with Crippen LogP contribution < -0.4 is 0 Å². The van der Waals surface area contributed by atoms with Crippen molar-refractivity contribution in [1.82, 2.24) is 0 Å². The smallest absolute Gasteiger partial charge is 0.0281 e. The largest absolute Gasteiger partial charge is 0.103 e. The molecule has 1 aliphatic rings. The standard InChI is InChI=1S/C38H56/c1-3-5-6-7-8-9-10-11-12-13-14-15-16-17-18-19-20-21-25-33-28-30-37(35(32-33)24-4-2)38-31-29-34-26-22-23-27-36(34)38/h4,22-23,26-32,38H,2-3,5-21,24-25H2,1H3. The number of hydrogen-bond donors (Lipinski definition) is 0. The normalized spacial score (nSPS) is 14.2. The van der Waals surface area contributed by atoms with E-state index < -0.39 is 0 Å². The summed E-state index contributed by atoms with van der Waals surface area (Å²) in [7, 11) is 0. The number of benzene rings is 2. The zero-order chi connectivity index (χ0) is 26.7. The van der Waals surface area contributed by atoms with Crippen LogP contribution in [0.2, 0.25) is 0 Å². The van der Waals surface area contributed by atoms with Crippen molar-refractivity contribution >= 4 is 6.08 Å². The third-order valence-electron chi connectivity index (χ3n) is 8.53. The minimum absolute atomic E-state index is 0.389. The van der Waals surface area contributed by atoms with Gasteiger partial charge in [-0.05, 0) is 47.1 Å². The van der Waals surface area contributed by atoms with Crippen LogP contribution in [-0.4, -0.2) is 0 Å². The van der Waals surface area contributed by atoms with Crippen LogP contribution in [0.5, 0.6) is 0 Å². The minimum Gasteiger partial charge on any atom is -0.103 e. The molecule has 0 fully saturated rings. The van der Waals surface area contributed by atoms with Gasteiger partial charge in [0.2, 0.25) is 0 Å². The van der Waals surface area contributed by atoms with Crippen LogP contribution >= 0.6 is 0 Å². The molecule has 208 valence electrons. The Hall–Kier alpha value is -2.08. The lowest BCUT2D eigenvalue weighted by Gasteiger charge is -2.17. The molecule has 1 atom stereocenters. The average molecular weight is 513 g/mol. The molecule has 0 bridgehead atoms. The van der Waals surface area contributed by atoms with Gasteiger partial charge in [-0.2, -0.15) is 0 Å². The lowest BCUT2D eigenvalue weighted by atomic mass is 9.87. The predicted octanol–water partition coefficient (Wildman–Crippen LogP) is 12.2. The van der Waals surface area contributed by atoms with Gasteiger partial charge in [0.25, 0.3) is 0 Å². The molecule has 0 amide bonds. The second-order valence-electron chi connectivity index (χ2n) is 11.8. The van der Waals surface area contributed by atoms with Crippen molar-refractivity contribution in [2.45, 2.75) is 141 Å². The summed E-state index contributed by atoms with van der Waals surface area (Å²) in [5.74, 6) is 0.389. The summed E-state index contributed by atoms with van der Waals surface area (Å²) in [6.45, 7) is 6.33. The molecular weight excluding hydrogens is 456 g/mol. The fourth-order valence-corrected chi connectivity index (χ4v) is 6.20. The van der Waals surface area contributed by atoms with Crippen LogP contribution in [0.1, 0.15) is 156 Å². The van der Waals surface area contributed by atoms with Gasteiger partial charge in [-0.25, -0.2) is 0 Å². The molecule has 0 heterocycles. The van der Waals surface area contributed by atoms with E-state index in [0.717, 1.165) is 6.42 Å². The van der Waals surface area contributed by atoms with Crippen LogP contribution in [0.25, 0.3) is 6.08 Å². The number of allylic oxidation sites excluding steroid dienone is 2. The van der Waals surface area contributed by atoms with Gasteiger partial charge in [0.05, 0.1) is 0 Å². The maximum absolute atomic E-state index is 4.03. The molecule has 2 aromatic carbocycles. The van der Waals surface area contributed by atoms with E-state index in [2.05, 4.69) is 74.2 Å². The highest BCUT2D eigenvalue weighted by atomic mass is 14.2. The first-order valence-corrected chi connectivity index (χ1v) is 16.3. The molecule has 0 nitrogen and oxygen atoms in total. The highest BCUT2D eigenvalue weighted by molar-refractivity contribution is 5.66. The quantitative estimate of drug-likeness (QED) is 0.109. The lowest BCUT2D eigenvalue weighted by molar-refractivity contribution is 0.525. The molecule has 0 aliphatic heterocycles. The van der Waals surface area contributed by atoms with Crippen molar-refractivity contribution in [3.63, 3.8) is 0 Å². The molecule has 3 rings (SSSR count). The van der Waals surface area contributed by atoms with Gasteiger partial charge in [0.15, 0.2) is 0 Å². The lowest BCUT2D eigenvalue weighted by Crippen LogP contribution is -2.02. The van der Waals surface area contributed by atoms with Gasteiger partial charge in [0.1, 0.15) is 0 Å². The summed E-state index contributed by atoms with van der Waals surface area (Å²) in [6, 6.07) is 16.0. The van der Waals surface area contributed by atoms with Crippen molar-refractivity contribution in [3.05, 3.63) is 89.0 Å². The zero-order valence-electron chi connectivity index (χ0n) is 24.7. The average Bonchev–Trinajstić information content (AvgIpc) is 3.37. The van der Waals surface area contributed by atoms with Gasteiger partial charge < -0.3 is 0 Å². The molecular formula is C38H56. The molecule has 1 unspecified atom stereocenters. The summed E-state index contributed by atoms with van der Waals surface area (Å²) in [6.07, 6.45) is 34.7. The number of aryl methyl sites for hydroxylation is 1. The second kappa shape index (κ2) is 19.1. The first-order chi connectivity index (χ1) is 18.8. The van der Waals surface area contributed by atoms with E-state index >= 15 is 0 Å². The van der Waals surface area contributed by atoms with Crippen LogP contribution in [0.3, 0.4) is 0 Å². The third kappa shape index (κ3) is 11.0. The van der Waals surface area contributed by atoms with Crippen molar-refractivity contribution in [1.29, 1.82) is 0 Å². The van der Waals surface area contributed by atoms with Gasteiger partial charge >= 0.3 is 0 Å². The van der Waals surface area contributed by atoms with Gasteiger partial charge in [-0.3, -0.25) is 0 Å². The Balaban J connectivity index is 1.21. The Bertz CT molecular complexity index is 933. The minimum atomic E-state index is 0.389. The van der Waals surface area contributed by atoms with Crippen molar-refractivity contribution in [2.75, 3.05) is 0 Å².